The molecule has 1 aliphatic heterocycles. The predicted molar refractivity (Wildman–Crippen MR) is 353 cm³/mol. The van der Waals surface area contributed by atoms with Crippen molar-refractivity contribution in [2.45, 2.75) is 92.5 Å². The van der Waals surface area contributed by atoms with E-state index in [1.54, 1.807) is 6.08 Å². The zero-order chi connectivity index (χ0) is 56.1. The zero-order valence-electron chi connectivity index (χ0n) is 48.5. The zero-order valence-corrected chi connectivity index (χ0v) is 48.5. The average molecular weight is 1060 g/mol. The summed E-state index contributed by atoms with van der Waals surface area (Å²) >= 11 is 0. The van der Waals surface area contributed by atoms with Gasteiger partial charge in [-0.05, 0) is 156 Å². The van der Waals surface area contributed by atoms with Gasteiger partial charge in [0.2, 0.25) is 0 Å². The Hall–Kier alpha value is -8.73. The van der Waals surface area contributed by atoms with Crippen molar-refractivity contribution >= 4 is 71.7 Å². The fourth-order valence-electron chi connectivity index (χ4n) is 13.4. The van der Waals surface area contributed by atoms with E-state index < -0.39 is 0 Å². The van der Waals surface area contributed by atoms with Gasteiger partial charge in [-0.15, -0.1) is 6.58 Å². The number of aliphatic imine (C=N–C) groups is 1. The molecular weight excluding hydrogens is 981 g/mol. The summed E-state index contributed by atoms with van der Waals surface area (Å²) in [6.07, 6.45) is 32.5. The van der Waals surface area contributed by atoms with Crippen molar-refractivity contribution in [3.8, 4) is 11.1 Å². The summed E-state index contributed by atoms with van der Waals surface area (Å²) in [5.41, 5.74) is 23.3. The molecule has 2 heterocycles. The van der Waals surface area contributed by atoms with Crippen molar-refractivity contribution in [3.05, 3.63) is 275 Å². The number of hydrogen-bond donors (Lipinski definition) is 1. The van der Waals surface area contributed by atoms with Gasteiger partial charge in [0.05, 0.1) is 22.8 Å². The molecule has 0 saturated heterocycles. The van der Waals surface area contributed by atoms with Crippen molar-refractivity contribution in [2.75, 3.05) is 11.9 Å². The maximum absolute atomic E-state index is 5.98. The van der Waals surface area contributed by atoms with Gasteiger partial charge >= 0.3 is 0 Å². The Labute approximate surface area is 481 Å². The van der Waals surface area contributed by atoms with E-state index in [2.05, 4.69) is 244 Å². The smallest absolute Gasteiger partial charge is 0.118 e. The number of benzene rings is 7. The second-order valence-electron chi connectivity index (χ2n) is 21.5. The molecule has 1 aromatic heterocycles. The van der Waals surface area contributed by atoms with E-state index in [1.165, 1.54) is 127 Å². The van der Waals surface area contributed by atoms with E-state index in [-0.39, 0.29) is 12.0 Å². The predicted octanol–water partition coefficient (Wildman–Crippen LogP) is 20.6. The Kier molecular flexibility index (Phi) is 16.0. The Morgan fingerprint density at radius 2 is 1.56 bits per heavy atom. The molecule has 404 valence electrons. The summed E-state index contributed by atoms with van der Waals surface area (Å²) in [5.74, 6) is 1.28. The minimum Gasteiger partial charge on any atom is -0.389 e. The van der Waals surface area contributed by atoms with Crippen LogP contribution in [0, 0.1) is 5.92 Å². The molecule has 4 nitrogen and oxygen atoms in total. The third kappa shape index (κ3) is 9.75. The van der Waals surface area contributed by atoms with Crippen molar-refractivity contribution in [2.24, 2.45) is 10.9 Å². The van der Waals surface area contributed by atoms with E-state index in [4.69, 9.17) is 4.99 Å². The van der Waals surface area contributed by atoms with Crippen LogP contribution in [0.1, 0.15) is 102 Å². The van der Waals surface area contributed by atoms with E-state index in [9.17, 15) is 0 Å². The highest BCUT2D eigenvalue weighted by atomic mass is 15.2. The van der Waals surface area contributed by atoms with Gasteiger partial charge in [-0.25, -0.2) is 4.99 Å². The van der Waals surface area contributed by atoms with Crippen LogP contribution in [0.4, 0.5) is 11.4 Å². The normalized spacial score (nSPS) is 17.0. The van der Waals surface area contributed by atoms with Crippen molar-refractivity contribution in [1.82, 2.24) is 9.88 Å². The van der Waals surface area contributed by atoms with E-state index >= 15 is 0 Å². The van der Waals surface area contributed by atoms with Crippen LogP contribution < -0.4 is 10.2 Å². The summed E-state index contributed by atoms with van der Waals surface area (Å²) in [6, 6.07) is 50.4. The lowest BCUT2D eigenvalue weighted by molar-refractivity contribution is 0.752. The molecule has 0 radical (unpaired) electrons. The van der Waals surface area contributed by atoms with Gasteiger partial charge < -0.3 is 10.2 Å². The lowest BCUT2D eigenvalue weighted by atomic mass is 9.84. The second kappa shape index (κ2) is 23.9. The van der Waals surface area contributed by atoms with Crippen LogP contribution in [0.5, 0.6) is 0 Å². The van der Waals surface area contributed by atoms with Gasteiger partial charge in [-0.2, -0.15) is 0 Å². The molecule has 4 aliphatic carbocycles. The van der Waals surface area contributed by atoms with Crippen LogP contribution in [0.3, 0.4) is 0 Å². The highest BCUT2D eigenvalue weighted by molar-refractivity contribution is 6.29. The lowest BCUT2D eigenvalue weighted by Gasteiger charge is -2.29. The number of aromatic nitrogens is 1. The highest BCUT2D eigenvalue weighted by Crippen LogP contribution is 2.53. The number of allylic oxidation sites excluding steroid dienone is 15. The van der Waals surface area contributed by atoms with Crippen LogP contribution >= 0.6 is 0 Å². The Morgan fingerprint density at radius 3 is 2.31 bits per heavy atom. The Balaban J connectivity index is 0.000000937. The summed E-state index contributed by atoms with van der Waals surface area (Å²) in [4.78, 5) is 8.51. The summed E-state index contributed by atoms with van der Waals surface area (Å²) in [7, 11) is 2.05. The largest absolute Gasteiger partial charge is 0.389 e. The van der Waals surface area contributed by atoms with Gasteiger partial charge in [-0.1, -0.05) is 202 Å². The van der Waals surface area contributed by atoms with Crippen molar-refractivity contribution in [1.29, 1.82) is 0 Å². The monoisotopic (exact) mass is 1060 g/mol. The maximum atomic E-state index is 5.98. The van der Waals surface area contributed by atoms with Gasteiger partial charge in [0, 0.05) is 71.2 Å². The molecule has 81 heavy (non-hydrogen) atoms. The highest BCUT2D eigenvalue weighted by Gasteiger charge is 2.36. The first-order chi connectivity index (χ1) is 39.9. The van der Waals surface area contributed by atoms with Gasteiger partial charge in [0.1, 0.15) is 5.84 Å². The van der Waals surface area contributed by atoms with Gasteiger partial charge in [0.15, 0.2) is 0 Å². The van der Waals surface area contributed by atoms with E-state index in [0.717, 1.165) is 56.5 Å². The van der Waals surface area contributed by atoms with Gasteiger partial charge in [0.25, 0.3) is 0 Å². The molecule has 0 saturated carbocycles. The number of nitrogens with one attached hydrogen (secondary N) is 1. The van der Waals surface area contributed by atoms with Crippen molar-refractivity contribution in [3.63, 3.8) is 0 Å². The molecule has 13 rings (SSSR count). The summed E-state index contributed by atoms with van der Waals surface area (Å²) in [6.45, 7) is 20.3. The Morgan fingerprint density at radius 1 is 0.790 bits per heavy atom. The fourth-order valence-corrected chi connectivity index (χ4v) is 13.4. The summed E-state index contributed by atoms with van der Waals surface area (Å²) < 4.78 is 2.59. The van der Waals surface area contributed by atoms with E-state index in [0.29, 0.717) is 0 Å². The number of nitrogens with zero attached hydrogens (tertiary/aromatic N) is 3. The quantitative estimate of drug-likeness (QED) is 0.0572. The fraction of sp³-hybridized carbons (Fsp3) is 0.208. The molecule has 8 aromatic rings. The van der Waals surface area contributed by atoms with E-state index in [1.807, 2.05) is 32.9 Å². The van der Waals surface area contributed by atoms with Crippen LogP contribution in [0.15, 0.2) is 258 Å². The molecule has 0 bridgehead atoms. The van der Waals surface area contributed by atoms with Crippen molar-refractivity contribution < 1.29 is 0 Å². The van der Waals surface area contributed by atoms with Crippen LogP contribution in [-0.4, -0.2) is 23.5 Å². The molecule has 0 spiro atoms. The number of fused-ring (bicyclic) bond motifs is 15. The first kappa shape index (κ1) is 54.2. The average Bonchev–Trinajstić information content (AvgIpc) is 4.31. The number of hydrogen-bond acceptors (Lipinski definition) is 3. The molecular formula is C77H76N4. The summed E-state index contributed by atoms with van der Waals surface area (Å²) in [5, 5.41) is 11.3. The van der Waals surface area contributed by atoms with Crippen LogP contribution in [0.25, 0.3) is 65.6 Å². The molecule has 7 aromatic carbocycles. The third-order valence-electron chi connectivity index (χ3n) is 16.9. The third-order valence-corrected chi connectivity index (χ3v) is 16.9. The SMILES string of the molecule is C=C/C=C\C.C=CC(C/C=C\C)C1=C(CC(=NC2=C(NC)CC(C)=C2/C=C\C)n2c3ccccc3c3c4ccccc4c4c(c32)Cc2ccc3cc(C5=CCC6C(=C5)c5ccccc5N6c5ccccc5)ccc3c2-4)CCC=C1.CC. The molecule has 0 amide bonds. The lowest BCUT2D eigenvalue weighted by Crippen LogP contribution is -2.27. The molecule has 5 aliphatic rings. The van der Waals surface area contributed by atoms with Crippen LogP contribution in [0.2, 0.25) is 0 Å². The van der Waals surface area contributed by atoms with Crippen LogP contribution in [-0.2, 0) is 6.42 Å². The maximum Gasteiger partial charge on any atom is 0.118 e. The topological polar surface area (TPSA) is 32.6 Å². The molecule has 4 heteroatoms. The second-order valence-corrected chi connectivity index (χ2v) is 21.5. The standard InChI is InChI=1S/C70H62N4.C5H8.C2H6/c1-6-9-22-45(8-3)53-26-14-13-23-48(53)43-65(72-69-52(21-7-2)44(4)39-61(69)71-5)74-63-32-20-18-30-58(63)68-57-29-16-15-28-56(57)67-60(70(68)74)42-50-34-33-49-40-46(35-37-54(49)66(50)67)47-36-38-64-59(41-47)55-27-17-19-31-62(55)73(64)51-24-11-10-12-25-51;1-3-5-4-2;1-2/h6-12,14-21,24-37,40-41,45,64,71H,3,13,22-23,38-39,42-43H2,1-2,4-5H3;3-5H,1H2,2H3;1-2H3/b9-6-,21-7-,72-65?;5-4-;. The Bertz CT molecular complexity index is 4110. The number of rotatable bonds is 12. The molecule has 2 unspecified atom stereocenters. The number of anilines is 2. The number of para-hydroxylation sites is 3. The molecule has 2 atom stereocenters. The van der Waals surface area contributed by atoms with Gasteiger partial charge in [-0.3, -0.25) is 4.57 Å². The minimum atomic E-state index is 0.223. The molecule has 0 fully saturated rings. The molecule has 1 N–H and O–H groups in total. The first-order valence-electron chi connectivity index (χ1n) is 29.5. The minimum absolute atomic E-state index is 0.223. The first-order valence-corrected chi connectivity index (χ1v) is 29.5.